The van der Waals surface area contributed by atoms with Crippen LogP contribution in [0.15, 0.2) is 4.90 Å². The molecule has 1 aliphatic rings. The normalized spacial score (nSPS) is 13.8. The summed E-state index contributed by atoms with van der Waals surface area (Å²) in [5, 5.41) is 0. The van der Waals surface area contributed by atoms with E-state index in [0.29, 0.717) is 44.1 Å². The second kappa shape index (κ2) is 16.3. The van der Waals surface area contributed by atoms with E-state index in [1.54, 1.807) is 11.8 Å². The quantitative estimate of drug-likeness (QED) is 0.277. The third-order valence-electron chi connectivity index (χ3n) is 4.27. The lowest BCUT2D eigenvalue weighted by Gasteiger charge is -2.27. The lowest BCUT2D eigenvalue weighted by molar-refractivity contribution is 0.121. The van der Waals surface area contributed by atoms with Gasteiger partial charge in [-0.3, -0.25) is 0 Å². The molecule has 0 bridgehead atoms. The van der Waals surface area contributed by atoms with Gasteiger partial charge in [-0.1, -0.05) is 0 Å². The number of hydrogen-bond acceptors (Lipinski definition) is 9. The number of morpholine rings is 1. The molecule has 30 heavy (non-hydrogen) atoms. The number of thioether (sulfide) groups is 1. The number of ether oxygens (including phenoxy) is 3. The Balaban J connectivity index is 0.00000420. The third-order valence-corrected chi connectivity index (χ3v) is 5.02. The van der Waals surface area contributed by atoms with Crippen molar-refractivity contribution in [2.24, 2.45) is 0 Å². The zero-order valence-electron chi connectivity index (χ0n) is 18.8. The van der Waals surface area contributed by atoms with Crippen LogP contribution in [-0.2, 0) is 4.74 Å². The first-order valence-corrected chi connectivity index (χ1v) is 11.1. The van der Waals surface area contributed by atoms with Crippen molar-refractivity contribution in [1.29, 1.82) is 0 Å². The molecule has 1 aromatic heterocycles. The fourth-order valence-electron chi connectivity index (χ4n) is 2.77. The van der Waals surface area contributed by atoms with Gasteiger partial charge in [0.2, 0.25) is 17.7 Å². The van der Waals surface area contributed by atoms with Crippen molar-refractivity contribution in [3.63, 3.8) is 0 Å². The van der Waals surface area contributed by atoms with Crippen LogP contribution in [0.1, 0.15) is 12.8 Å². The van der Waals surface area contributed by atoms with Gasteiger partial charge in [-0.15, -0.1) is 45.7 Å². The van der Waals surface area contributed by atoms with Crippen LogP contribution in [0.3, 0.4) is 0 Å². The van der Waals surface area contributed by atoms with E-state index in [0.717, 1.165) is 43.9 Å². The standard InChI is InChI=1S/C19H35N5O3S.2BrH/c1-22(2)8-6-12-26-17-16(28-5)18(27-13-7-9-23(3)4)21-19(20-17)24-10-14-25-15-11-24;;/h6-15H2,1-5H3;2*1H. The number of rotatable bonds is 12. The molecule has 0 unspecified atom stereocenters. The van der Waals surface area contributed by atoms with Gasteiger partial charge >= 0.3 is 0 Å². The van der Waals surface area contributed by atoms with Gasteiger partial charge in [0, 0.05) is 26.2 Å². The third kappa shape index (κ3) is 10.3. The monoisotopic (exact) mass is 573 g/mol. The first-order valence-electron chi connectivity index (χ1n) is 9.85. The summed E-state index contributed by atoms with van der Waals surface area (Å²) in [7, 11) is 8.25. The highest BCUT2D eigenvalue weighted by Crippen LogP contribution is 2.36. The van der Waals surface area contributed by atoms with E-state index in [1.807, 2.05) is 6.26 Å². The molecule has 11 heteroatoms. The summed E-state index contributed by atoms with van der Waals surface area (Å²) in [6.07, 6.45) is 3.89. The zero-order chi connectivity index (χ0) is 20.4. The molecule has 1 saturated heterocycles. The maximum absolute atomic E-state index is 6.05. The highest BCUT2D eigenvalue weighted by atomic mass is 79.9. The van der Waals surface area contributed by atoms with E-state index in [-0.39, 0.29) is 34.0 Å². The molecule has 2 rings (SSSR count). The molecule has 1 aromatic rings. The first-order chi connectivity index (χ1) is 13.5. The van der Waals surface area contributed by atoms with E-state index < -0.39 is 0 Å². The number of aromatic nitrogens is 2. The Hall–Kier alpha value is -0.330. The second-order valence-electron chi connectivity index (χ2n) is 7.28. The number of anilines is 1. The highest BCUT2D eigenvalue weighted by molar-refractivity contribution is 8.93. The molecule has 1 fully saturated rings. The lowest BCUT2D eigenvalue weighted by atomic mass is 10.4. The van der Waals surface area contributed by atoms with Gasteiger partial charge in [-0.25, -0.2) is 0 Å². The van der Waals surface area contributed by atoms with Crippen LogP contribution < -0.4 is 14.4 Å². The van der Waals surface area contributed by atoms with Gasteiger partial charge in [0.15, 0.2) is 0 Å². The number of nitrogens with zero attached hydrogens (tertiary/aromatic N) is 5. The summed E-state index contributed by atoms with van der Waals surface area (Å²) in [6.45, 7) is 6.11. The molecule has 2 heterocycles. The molecule has 0 radical (unpaired) electrons. The fraction of sp³-hybridized carbons (Fsp3) is 0.789. The SMILES string of the molecule is Br.Br.CSc1c(OCCCN(C)C)nc(N2CCOCC2)nc1OCCCN(C)C. The molecule has 0 amide bonds. The molecule has 0 N–H and O–H groups in total. The smallest absolute Gasteiger partial charge is 0.236 e. The summed E-state index contributed by atoms with van der Waals surface area (Å²) < 4.78 is 17.6. The highest BCUT2D eigenvalue weighted by Gasteiger charge is 2.21. The summed E-state index contributed by atoms with van der Waals surface area (Å²) >= 11 is 1.57. The van der Waals surface area contributed by atoms with Crippen LogP contribution in [0.4, 0.5) is 5.95 Å². The van der Waals surface area contributed by atoms with Crippen molar-refractivity contribution in [1.82, 2.24) is 19.8 Å². The summed E-state index contributed by atoms with van der Waals surface area (Å²) in [5.41, 5.74) is 0. The van der Waals surface area contributed by atoms with Crippen LogP contribution in [-0.4, -0.2) is 107 Å². The fourth-order valence-corrected chi connectivity index (χ4v) is 3.33. The van der Waals surface area contributed by atoms with E-state index >= 15 is 0 Å². The largest absolute Gasteiger partial charge is 0.477 e. The minimum Gasteiger partial charge on any atom is -0.477 e. The lowest BCUT2D eigenvalue weighted by Crippen LogP contribution is -2.37. The van der Waals surface area contributed by atoms with E-state index in [9.17, 15) is 0 Å². The van der Waals surface area contributed by atoms with Crippen LogP contribution in [0.25, 0.3) is 0 Å². The predicted molar refractivity (Wildman–Crippen MR) is 135 cm³/mol. The maximum atomic E-state index is 6.05. The van der Waals surface area contributed by atoms with Crippen LogP contribution in [0.2, 0.25) is 0 Å². The Labute approximate surface area is 206 Å². The van der Waals surface area contributed by atoms with Crippen molar-refractivity contribution in [2.75, 3.05) is 92.0 Å². The zero-order valence-corrected chi connectivity index (χ0v) is 23.0. The second-order valence-corrected chi connectivity index (χ2v) is 8.09. The van der Waals surface area contributed by atoms with E-state index in [4.69, 9.17) is 24.2 Å². The molecule has 0 atom stereocenters. The molecule has 8 nitrogen and oxygen atoms in total. The Bertz CT molecular complexity index is 556. The minimum absolute atomic E-state index is 0. The minimum atomic E-state index is 0. The Morgan fingerprint density at radius 1 is 0.900 bits per heavy atom. The van der Waals surface area contributed by atoms with E-state index in [1.165, 1.54) is 0 Å². The van der Waals surface area contributed by atoms with Gasteiger partial charge in [-0.2, -0.15) is 9.97 Å². The molecular formula is C19H37Br2N5O3S. The van der Waals surface area contributed by atoms with Gasteiger partial charge in [0.05, 0.1) is 26.4 Å². The van der Waals surface area contributed by atoms with Gasteiger partial charge < -0.3 is 28.9 Å². The molecule has 0 aliphatic carbocycles. The van der Waals surface area contributed by atoms with Crippen molar-refractivity contribution in [2.45, 2.75) is 17.7 Å². The predicted octanol–water partition coefficient (Wildman–Crippen LogP) is 2.85. The first kappa shape index (κ1) is 29.7. The van der Waals surface area contributed by atoms with Crippen LogP contribution in [0.5, 0.6) is 11.8 Å². The molecule has 0 aromatic carbocycles. The van der Waals surface area contributed by atoms with Crippen molar-refractivity contribution in [3.05, 3.63) is 0 Å². The number of halogens is 2. The summed E-state index contributed by atoms with van der Waals surface area (Å²) in [5.74, 6) is 1.89. The number of hydrogen-bond donors (Lipinski definition) is 0. The van der Waals surface area contributed by atoms with Crippen LogP contribution >= 0.6 is 45.7 Å². The molecule has 1 aliphatic heterocycles. The molecule has 176 valence electrons. The Kier molecular flexibility index (Phi) is 16.1. The Morgan fingerprint density at radius 3 is 1.77 bits per heavy atom. The van der Waals surface area contributed by atoms with Crippen molar-refractivity contribution in [3.8, 4) is 11.8 Å². The topological polar surface area (TPSA) is 63.2 Å². The van der Waals surface area contributed by atoms with Gasteiger partial charge in [-0.05, 0) is 47.3 Å². The van der Waals surface area contributed by atoms with Gasteiger partial charge in [0.1, 0.15) is 4.90 Å². The van der Waals surface area contributed by atoms with Crippen LogP contribution in [0, 0.1) is 0 Å². The summed E-state index contributed by atoms with van der Waals surface area (Å²) in [6, 6.07) is 0. The Morgan fingerprint density at radius 2 is 1.37 bits per heavy atom. The van der Waals surface area contributed by atoms with Crippen molar-refractivity contribution < 1.29 is 14.2 Å². The maximum Gasteiger partial charge on any atom is 0.236 e. The summed E-state index contributed by atoms with van der Waals surface area (Å²) in [4.78, 5) is 16.7. The molecule has 0 spiro atoms. The van der Waals surface area contributed by atoms with Crippen molar-refractivity contribution >= 4 is 51.7 Å². The van der Waals surface area contributed by atoms with Gasteiger partial charge in [0.25, 0.3) is 0 Å². The molecule has 0 saturated carbocycles. The average Bonchev–Trinajstić information content (AvgIpc) is 2.68. The average molecular weight is 575 g/mol. The molecular weight excluding hydrogens is 538 g/mol. The van der Waals surface area contributed by atoms with E-state index in [2.05, 4.69) is 42.9 Å².